The van der Waals surface area contributed by atoms with E-state index in [1.807, 2.05) is 0 Å². The summed E-state index contributed by atoms with van der Waals surface area (Å²) < 4.78 is 4.98. The number of allylic oxidation sites excluding steroid dienone is 1. The van der Waals surface area contributed by atoms with E-state index in [-0.39, 0.29) is 17.1 Å². The summed E-state index contributed by atoms with van der Waals surface area (Å²) in [6.45, 7) is 0. The first-order valence-corrected chi connectivity index (χ1v) is 7.46. The first-order valence-electron chi connectivity index (χ1n) is 7.46. The summed E-state index contributed by atoms with van der Waals surface area (Å²) >= 11 is 0. The van der Waals surface area contributed by atoms with Crippen LogP contribution in [-0.2, 0) is 15.2 Å². The van der Waals surface area contributed by atoms with Gasteiger partial charge in [0.25, 0.3) is 0 Å². The van der Waals surface area contributed by atoms with Crippen molar-refractivity contribution in [3.05, 3.63) is 65.7 Å². The molecule has 0 fully saturated rings. The van der Waals surface area contributed by atoms with E-state index in [9.17, 15) is 24.9 Å². The van der Waals surface area contributed by atoms with Gasteiger partial charge in [-0.25, -0.2) is 4.79 Å². The van der Waals surface area contributed by atoms with Crippen LogP contribution in [0.1, 0.15) is 17.5 Å². The Labute approximate surface area is 144 Å². The van der Waals surface area contributed by atoms with Gasteiger partial charge in [-0.3, -0.25) is 4.79 Å². The molecule has 1 unspecified atom stereocenters. The van der Waals surface area contributed by atoms with Crippen LogP contribution in [0.15, 0.2) is 54.6 Å². The topological polar surface area (TPSA) is 104 Å². The van der Waals surface area contributed by atoms with Crippen LogP contribution in [0.5, 0.6) is 11.5 Å². The van der Waals surface area contributed by atoms with Crippen molar-refractivity contribution in [1.82, 2.24) is 0 Å². The number of aliphatic hydroxyl groups is 1. The Bertz CT molecular complexity index is 797. The number of carboxylic acid groups (broad SMARTS) is 1. The number of phenols is 1. The number of phenolic OH excluding ortho intramolecular Hbond substituents is 1. The molecule has 0 saturated heterocycles. The monoisotopic (exact) mass is 342 g/mol. The lowest BCUT2D eigenvalue weighted by Crippen LogP contribution is -2.37. The molecule has 3 N–H and O–H groups in total. The molecular formula is C19H18O6. The van der Waals surface area contributed by atoms with Crippen molar-refractivity contribution in [3.8, 4) is 11.5 Å². The zero-order chi connectivity index (χ0) is 18.4. The van der Waals surface area contributed by atoms with E-state index in [0.717, 1.165) is 0 Å². The Morgan fingerprint density at radius 3 is 2.44 bits per heavy atom. The number of hydrogen-bond donors (Lipinski definition) is 3. The van der Waals surface area contributed by atoms with E-state index in [0.29, 0.717) is 5.56 Å². The molecule has 2 aromatic carbocycles. The fourth-order valence-corrected chi connectivity index (χ4v) is 2.31. The van der Waals surface area contributed by atoms with Crippen LogP contribution in [0.25, 0.3) is 6.08 Å². The summed E-state index contributed by atoms with van der Waals surface area (Å²) in [4.78, 5) is 23.6. The fraction of sp³-hybridized carbons (Fsp3) is 0.158. The number of benzene rings is 2. The average Bonchev–Trinajstić information content (AvgIpc) is 2.61. The van der Waals surface area contributed by atoms with Crippen molar-refractivity contribution in [1.29, 1.82) is 0 Å². The van der Waals surface area contributed by atoms with Crippen LogP contribution < -0.4 is 4.74 Å². The third-order valence-electron chi connectivity index (χ3n) is 3.70. The van der Waals surface area contributed by atoms with Gasteiger partial charge in [0.05, 0.1) is 13.5 Å². The van der Waals surface area contributed by atoms with E-state index in [4.69, 9.17) is 4.74 Å². The lowest BCUT2D eigenvalue weighted by molar-refractivity contribution is -0.162. The normalized spacial score (nSPS) is 13.4. The minimum absolute atomic E-state index is 0.0321. The summed E-state index contributed by atoms with van der Waals surface area (Å²) in [7, 11) is 1.40. The van der Waals surface area contributed by atoms with Gasteiger partial charge >= 0.3 is 5.97 Å². The Kier molecular flexibility index (Phi) is 5.56. The van der Waals surface area contributed by atoms with Gasteiger partial charge in [0.2, 0.25) is 0 Å². The Morgan fingerprint density at radius 1 is 1.16 bits per heavy atom. The summed E-state index contributed by atoms with van der Waals surface area (Å²) in [5.41, 5.74) is -1.58. The molecule has 0 heterocycles. The molecule has 130 valence electrons. The largest absolute Gasteiger partial charge is 0.504 e. The number of methoxy groups -OCH3 is 1. The molecule has 0 amide bonds. The average molecular weight is 342 g/mol. The molecule has 0 spiro atoms. The number of hydrogen-bond acceptors (Lipinski definition) is 5. The van der Waals surface area contributed by atoms with E-state index >= 15 is 0 Å². The summed E-state index contributed by atoms with van der Waals surface area (Å²) in [6, 6.07) is 12.3. The number of aromatic hydroxyl groups is 1. The number of carboxylic acids is 1. The van der Waals surface area contributed by atoms with E-state index < -0.39 is 23.8 Å². The van der Waals surface area contributed by atoms with E-state index in [1.165, 1.54) is 43.5 Å². The molecule has 6 heteroatoms. The van der Waals surface area contributed by atoms with Gasteiger partial charge < -0.3 is 20.1 Å². The zero-order valence-electron chi connectivity index (χ0n) is 13.5. The van der Waals surface area contributed by atoms with Crippen LogP contribution in [-0.4, -0.2) is 34.2 Å². The maximum Gasteiger partial charge on any atom is 0.340 e. The van der Waals surface area contributed by atoms with Crippen molar-refractivity contribution < 1.29 is 29.6 Å². The maximum atomic E-state index is 12.1. The van der Waals surface area contributed by atoms with Crippen LogP contribution in [0.3, 0.4) is 0 Å². The summed E-state index contributed by atoms with van der Waals surface area (Å²) in [5, 5.41) is 29.3. The lowest BCUT2D eigenvalue weighted by atomic mass is 9.88. The quantitative estimate of drug-likeness (QED) is 0.667. The van der Waals surface area contributed by atoms with Crippen LogP contribution >= 0.6 is 0 Å². The van der Waals surface area contributed by atoms with Crippen molar-refractivity contribution >= 4 is 17.8 Å². The number of ether oxygens (including phenoxy) is 1. The molecular weight excluding hydrogens is 324 g/mol. The van der Waals surface area contributed by atoms with E-state index in [1.54, 1.807) is 24.3 Å². The van der Waals surface area contributed by atoms with Gasteiger partial charge in [0.15, 0.2) is 22.9 Å². The molecule has 0 aliphatic carbocycles. The Morgan fingerprint density at radius 2 is 1.84 bits per heavy atom. The second-order valence-corrected chi connectivity index (χ2v) is 5.44. The number of ketones is 1. The van der Waals surface area contributed by atoms with Gasteiger partial charge in [-0.15, -0.1) is 0 Å². The molecule has 0 aliphatic rings. The number of aliphatic carboxylic acids is 1. The highest BCUT2D eigenvalue weighted by Crippen LogP contribution is 2.28. The zero-order valence-corrected chi connectivity index (χ0v) is 13.5. The first-order chi connectivity index (χ1) is 11.9. The standard InChI is InChI=1S/C19H18O6/c1-25-17-11-13(8-10-16(17)21)7-9-15(20)12-19(24,18(22)23)14-5-3-2-4-6-14/h2-11,21,24H,12H2,1H3,(H,22,23)/b9-7+. The Hall–Kier alpha value is -3.12. The van der Waals surface area contributed by atoms with Crippen molar-refractivity contribution in [2.75, 3.05) is 7.11 Å². The molecule has 1 atom stereocenters. The van der Waals surface area contributed by atoms with Crippen LogP contribution in [0, 0.1) is 0 Å². The predicted octanol–water partition coefficient (Wildman–Crippen LogP) is 2.35. The molecule has 0 aliphatic heterocycles. The summed E-state index contributed by atoms with van der Waals surface area (Å²) in [6.07, 6.45) is 2.04. The van der Waals surface area contributed by atoms with E-state index in [2.05, 4.69) is 0 Å². The van der Waals surface area contributed by atoms with Crippen LogP contribution in [0.4, 0.5) is 0 Å². The van der Waals surface area contributed by atoms with Gasteiger partial charge in [-0.05, 0) is 29.3 Å². The molecule has 0 aromatic heterocycles. The van der Waals surface area contributed by atoms with Gasteiger partial charge in [0, 0.05) is 0 Å². The highest BCUT2D eigenvalue weighted by molar-refractivity contribution is 5.97. The molecule has 6 nitrogen and oxygen atoms in total. The molecule has 0 radical (unpaired) electrons. The van der Waals surface area contributed by atoms with Gasteiger partial charge in [-0.1, -0.05) is 42.5 Å². The lowest BCUT2D eigenvalue weighted by Gasteiger charge is -2.22. The third-order valence-corrected chi connectivity index (χ3v) is 3.70. The minimum atomic E-state index is -2.30. The molecule has 2 rings (SSSR count). The number of carbonyl (C=O) groups excluding carboxylic acids is 1. The number of carbonyl (C=O) groups is 2. The number of rotatable bonds is 7. The first kappa shape index (κ1) is 18.2. The predicted molar refractivity (Wildman–Crippen MR) is 91.3 cm³/mol. The second kappa shape index (κ2) is 7.63. The van der Waals surface area contributed by atoms with Crippen LogP contribution in [0.2, 0.25) is 0 Å². The maximum absolute atomic E-state index is 12.1. The molecule has 25 heavy (non-hydrogen) atoms. The van der Waals surface area contributed by atoms with Crippen molar-refractivity contribution in [2.24, 2.45) is 0 Å². The smallest absolute Gasteiger partial charge is 0.340 e. The third kappa shape index (κ3) is 4.24. The van der Waals surface area contributed by atoms with Crippen molar-refractivity contribution in [3.63, 3.8) is 0 Å². The molecule has 2 aromatic rings. The minimum Gasteiger partial charge on any atom is -0.504 e. The van der Waals surface area contributed by atoms with Gasteiger partial charge in [0.1, 0.15) is 0 Å². The highest BCUT2D eigenvalue weighted by atomic mass is 16.5. The summed E-state index contributed by atoms with van der Waals surface area (Å²) in [5.74, 6) is -1.83. The Balaban J connectivity index is 2.18. The molecule has 0 saturated carbocycles. The fourth-order valence-electron chi connectivity index (χ4n) is 2.31. The van der Waals surface area contributed by atoms with Crippen molar-refractivity contribution in [2.45, 2.75) is 12.0 Å². The van der Waals surface area contributed by atoms with Gasteiger partial charge in [-0.2, -0.15) is 0 Å². The SMILES string of the molecule is COc1cc(/C=C/C(=O)CC(O)(C(=O)O)c2ccccc2)ccc1O. The highest BCUT2D eigenvalue weighted by Gasteiger charge is 2.39. The second-order valence-electron chi connectivity index (χ2n) is 5.44. The molecule has 0 bridgehead atoms.